The molecule has 1 fully saturated rings. The highest BCUT2D eigenvalue weighted by atomic mass is 32.1. The van der Waals surface area contributed by atoms with Crippen molar-refractivity contribution < 1.29 is 14.3 Å². The minimum atomic E-state index is -0.541. The lowest BCUT2D eigenvalue weighted by Crippen LogP contribution is -2.49. The van der Waals surface area contributed by atoms with Crippen LogP contribution in [0, 0.1) is 5.92 Å². The van der Waals surface area contributed by atoms with Gasteiger partial charge in [0.15, 0.2) is 0 Å². The van der Waals surface area contributed by atoms with Gasteiger partial charge in [-0.05, 0) is 18.8 Å². The Morgan fingerprint density at radius 3 is 2.78 bits per heavy atom. The van der Waals surface area contributed by atoms with Crippen LogP contribution in [0.25, 0.3) is 0 Å². The van der Waals surface area contributed by atoms with Crippen LogP contribution >= 0.6 is 12.6 Å². The number of hydrogen-bond acceptors (Lipinski definition) is 4. The van der Waals surface area contributed by atoms with Crippen molar-refractivity contribution in [3.8, 4) is 0 Å². The van der Waals surface area contributed by atoms with Gasteiger partial charge >= 0.3 is 0 Å². The van der Waals surface area contributed by atoms with E-state index in [-0.39, 0.29) is 11.8 Å². The largest absolute Gasteiger partial charge is 0.381 e. The topological polar surface area (TPSA) is 58.6 Å². The van der Waals surface area contributed by atoms with E-state index >= 15 is 0 Å². The van der Waals surface area contributed by atoms with E-state index in [0.29, 0.717) is 24.8 Å². The Bertz CT molecular complexity index is 293. The van der Waals surface area contributed by atoms with Gasteiger partial charge in [-0.25, -0.2) is 0 Å². The molecule has 1 saturated heterocycles. The smallest absolute Gasteiger partial charge is 0.245 e. The molecule has 2 atom stereocenters. The van der Waals surface area contributed by atoms with Gasteiger partial charge in [-0.2, -0.15) is 12.6 Å². The van der Waals surface area contributed by atoms with E-state index < -0.39 is 6.04 Å². The summed E-state index contributed by atoms with van der Waals surface area (Å²) in [5.74, 6) is 0.400. The second kappa shape index (κ2) is 7.63. The first kappa shape index (κ1) is 15.3. The molecule has 18 heavy (non-hydrogen) atoms. The van der Waals surface area contributed by atoms with Gasteiger partial charge in [0, 0.05) is 32.9 Å². The highest BCUT2D eigenvalue weighted by Crippen LogP contribution is 2.14. The van der Waals surface area contributed by atoms with Gasteiger partial charge < -0.3 is 15.0 Å². The van der Waals surface area contributed by atoms with E-state index in [4.69, 9.17) is 4.74 Å². The zero-order valence-electron chi connectivity index (χ0n) is 11.0. The zero-order valence-corrected chi connectivity index (χ0v) is 11.9. The van der Waals surface area contributed by atoms with Crippen LogP contribution in [0.3, 0.4) is 0 Å². The normalized spacial score (nSPS) is 21.2. The summed E-state index contributed by atoms with van der Waals surface area (Å²) in [5.41, 5.74) is 0. The molecule has 1 aliphatic heterocycles. The Morgan fingerprint density at radius 2 is 2.28 bits per heavy atom. The maximum atomic E-state index is 12.1. The van der Waals surface area contributed by atoms with Gasteiger partial charge in [-0.1, -0.05) is 0 Å². The Morgan fingerprint density at radius 1 is 1.56 bits per heavy atom. The minimum absolute atomic E-state index is 0.0919. The van der Waals surface area contributed by atoms with Gasteiger partial charge in [-0.3, -0.25) is 9.59 Å². The SMILES string of the molecule is CC(=O)NC(CS)C(=O)N(C)CC1CCCOC1. The first-order chi connectivity index (χ1) is 8.54. The summed E-state index contributed by atoms with van der Waals surface area (Å²) in [4.78, 5) is 24.8. The molecular formula is C12H22N2O3S. The molecular weight excluding hydrogens is 252 g/mol. The molecule has 1 N–H and O–H groups in total. The maximum absolute atomic E-state index is 12.1. The summed E-state index contributed by atoms with van der Waals surface area (Å²) in [7, 11) is 1.76. The first-order valence-corrected chi connectivity index (χ1v) is 6.88. The quantitative estimate of drug-likeness (QED) is 0.709. The Labute approximate surface area is 114 Å². The molecule has 104 valence electrons. The van der Waals surface area contributed by atoms with E-state index in [1.807, 2.05) is 0 Å². The standard InChI is InChI=1S/C12H22N2O3S/c1-9(15)13-11(8-18)12(16)14(2)6-10-4-3-5-17-7-10/h10-11,18H,3-8H2,1-2H3,(H,13,15). The molecule has 6 heteroatoms. The summed E-state index contributed by atoms with van der Waals surface area (Å²) >= 11 is 4.10. The average Bonchev–Trinajstić information content (AvgIpc) is 2.36. The van der Waals surface area contributed by atoms with Gasteiger partial charge in [0.25, 0.3) is 0 Å². The van der Waals surface area contributed by atoms with Gasteiger partial charge in [-0.15, -0.1) is 0 Å². The first-order valence-electron chi connectivity index (χ1n) is 6.25. The van der Waals surface area contributed by atoms with E-state index in [9.17, 15) is 9.59 Å². The third-order valence-electron chi connectivity index (χ3n) is 3.02. The third-order valence-corrected chi connectivity index (χ3v) is 3.39. The van der Waals surface area contributed by atoms with Crippen molar-refractivity contribution in [2.75, 3.05) is 32.6 Å². The molecule has 0 aromatic rings. The summed E-state index contributed by atoms with van der Waals surface area (Å²) in [6.07, 6.45) is 2.14. The average molecular weight is 274 g/mol. The highest BCUT2D eigenvalue weighted by Gasteiger charge is 2.24. The van der Waals surface area contributed by atoms with Gasteiger partial charge in [0.05, 0.1) is 6.61 Å². The molecule has 0 aliphatic carbocycles. The second-order valence-electron chi connectivity index (χ2n) is 4.74. The summed E-state index contributed by atoms with van der Waals surface area (Å²) in [6, 6.07) is -0.541. The maximum Gasteiger partial charge on any atom is 0.245 e. The molecule has 1 heterocycles. The highest BCUT2D eigenvalue weighted by molar-refractivity contribution is 7.80. The van der Waals surface area contributed by atoms with E-state index in [2.05, 4.69) is 17.9 Å². The molecule has 0 aromatic carbocycles. The fraction of sp³-hybridized carbons (Fsp3) is 0.833. The molecule has 0 saturated carbocycles. The fourth-order valence-corrected chi connectivity index (χ4v) is 2.37. The minimum Gasteiger partial charge on any atom is -0.381 e. The lowest BCUT2D eigenvalue weighted by Gasteiger charge is -2.29. The van der Waals surface area contributed by atoms with Crippen molar-refractivity contribution in [3.63, 3.8) is 0 Å². The fourth-order valence-electron chi connectivity index (χ4n) is 2.13. The monoisotopic (exact) mass is 274 g/mol. The van der Waals surface area contributed by atoms with E-state index in [0.717, 1.165) is 19.4 Å². The van der Waals surface area contributed by atoms with Crippen LogP contribution in [0.15, 0.2) is 0 Å². The lowest BCUT2D eigenvalue weighted by molar-refractivity contribution is -0.135. The number of hydrogen-bond donors (Lipinski definition) is 2. The number of carbonyl (C=O) groups excluding carboxylic acids is 2. The number of likely N-dealkylation sites (N-methyl/N-ethyl adjacent to an activating group) is 1. The van der Waals surface area contributed by atoms with Crippen LogP contribution in [-0.2, 0) is 14.3 Å². The van der Waals surface area contributed by atoms with Crippen LogP contribution in [-0.4, -0.2) is 55.3 Å². The molecule has 2 amide bonds. The number of rotatable bonds is 5. The second-order valence-corrected chi connectivity index (χ2v) is 5.10. The van der Waals surface area contributed by atoms with Gasteiger partial charge in [0.2, 0.25) is 11.8 Å². The lowest BCUT2D eigenvalue weighted by atomic mass is 10.0. The number of amides is 2. The molecule has 0 spiro atoms. The summed E-state index contributed by atoms with van der Waals surface area (Å²) in [6.45, 7) is 3.60. The molecule has 0 radical (unpaired) electrons. The number of nitrogens with zero attached hydrogens (tertiary/aromatic N) is 1. The molecule has 0 bridgehead atoms. The van der Waals surface area contributed by atoms with Crippen molar-refractivity contribution in [2.45, 2.75) is 25.8 Å². The van der Waals surface area contributed by atoms with E-state index in [1.165, 1.54) is 6.92 Å². The number of carbonyl (C=O) groups is 2. The Balaban J connectivity index is 2.45. The molecule has 0 aromatic heterocycles. The van der Waals surface area contributed by atoms with E-state index in [1.54, 1.807) is 11.9 Å². The summed E-state index contributed by atoms with van der Waals surface area (Å²) in [5, 5.41) is 2.61. The predicted octanol–water partition coefficient (Wildman–Crippen LogP) is 0.306. The Kier molecular flexibility index (Phi) is 6.49. The van der Waals surface area contributed by atoms with Crippen molar-refractivity contribution >= 4 is 24.4 Å². The van der Waals surface area contributed by atoms with Crippen molar-refractivity contribution in [3.05, 3.63) is 0 Å². The summed E-state index contributed by atoms with van der Waals surface area (Å²) < 4.78 is 5.39. The third kappa shape index (κ3) is 4.86. The van der Waals surface area contributed by atoms with Crippen LogP contribution < -0.4 is 5.32 Å². The van der Waals surface area contributed by atoms with Crippen LogP contribution in [0.1, 0.15) is 19.8 Å². The number of nitrogens with one attached hydrogen (secondary N) is 1. The molecule has 1 rings (SSSR count). The number of thiol groups is 1. The molecule has 1 aliphatic rings. The Hall–Kier alpha value is -0.750. The number of ether oxygens (including phenoxy) is 1. The zero-order chi connectivity index (χ0) is 13.5. The van der Waals surface area contributed by atoms with Crippen LogP contribution in [0.4, 0.5) is 0 Å². The van der Waals surface area contributed by atoms with Crippen molar-refractivity contribution in [1.29, 1.82) is 0 Å². The van der Waals surface area contributed by atoms with Crippen molar-refractivity contribution in [1.82, 2.24) is 10.2 Å². The van der Waals surface area contributed by atoms with Crippen LogP contribution in [0.2, 0.25) is 0 Å². The van der Waals surface area contributed by atoms with Gasteiger partial charge in [0.1, 0.15) is 6.04 Å². The van der Waals surface area contributed by atoms with Crippen molar-refractivity contribution in [2.24, 2.45) is 5.92 Å². The predicted molar refractivity (Wildman–Crippen MR) is 72.6 cm³/mol. The molecule has 2 unspecified atom stereocenters. The molecule has 5 nitrogen and oxygen atoms in total. The van der Waals surface area contributed by atoms with Crippen LogP contribution in [0.5, 0.6) is 0 Å².